The van der Waals surface area contributed by atoms with Crippen LogP contribution in [0.4, 0.5) is 5.69 Å². The van der Waals surface area contributed by atoms with Gasteiger partial charge in [-0.3, -0.25) is 4.79 Å². The summed E-state index contributed by atoms with van der Waals surface area (Å²) < 4.78 is 0. The van der Waals surface area contributed by atoms with Crippen LogP contribution in [0.5, 0.6) is 0 Å². The van der Waals surface area contributed by atoms with Gasteiger partial charge in [-0.25, -0.2) is 0 Å². The average Bonchev–Trinajstić information content (AvgIpc) is 2.65. The molecule has 1 aromatic rings. The summed E-state index contributed by atoms with van der Waals surface area (Å²) in [6, 6.07) is 8.32. The van der Waals surface area contributed by atoms with Crippen LogP contribution < -0.4 is 10.2 Å². The quantitative estimate of drug-likeness (QED) is 0.676. The molecular formula is C11H14NOP. The number of nitrogens with zero attached hydrogens (tertiary/aromatic N) is 1. The van der Waals surface area contributed by atoms with Crippen molar-refractivity contribution in [2.24, 2.45) is 0 Å². The van der Waals surface area contributed by atoms with Crippen LogP contribution in [-0.4, -0.2) is 19.1 Å². The van der Waals surface area contributed by atoms with Crippen LogP contribution in [0.2, 0.25) is 0 Å². The first-order valence-corrected chi connectivity index (χ1v) is 6.39. The second-order valence-corrected chi connectivity index (χ2v) is 4.52. The summed E-state index contributed by atoms with van der Waals surface area (Å²) in [4.78, 5) is 13.3. The molecule has 0 radical (unpaired) electrons. The molecule has 0 aliphatic carbocycles. The van der Waals surface area contributed by atoms with Gasteiger partial charge in [-0.1, -0.05) is 20.7 Å². The van der Waals surface area contributed by atoms with Crippen molar-refractivity contribution in [3.8, 4) is 0 Å². The third-order valence-corrected chi connectivity index (χ3v) is 3.45. The van der Waals surface area contributed by atoms with E-state index in [0.29, 0.717) is 6.42 Å². The minimum Gasteiger partial charge on any atom is -0.312 e. The first-order chi connectivity index (χ1) is 6.81. The third-order valence-electron chi connectivity index (χ3n) is 2.54. The number of hydrogen-bond acceptors (Lipinski definition) is 1. The van der Waals surface area contributed by atoms with E-state index in [9.17, 15) is 4.79 Å². The molecule has 1 atom stereocenters. The third kappa shape index (κ3) is 1.80. The van der Waals surface area contributed by atoms with E-state index in [-0.39, 0.29) is 5.91 Å². The van der Waals surface area contributed by atoms with Gasteiger partial charge in [-0.2, -0.15) is 0 Å². The Hall–Kier alpha value is -0.880. The smallest absolute Gasteiger partial charge is 0.227 e. The fraction of sp³-hybridized carbons (Fsp3) is 0.364. The standard InChI is InChI=1S/C11H14NOP/c1-14-10-6-4-9(5-7-10)12-8-2-3-11(12)13/h4-7,14H,2-3,8H2,1H3. The monoisotopic (exact) mass is 207 g/mol. The van der Waals surface area contributed by atoms with Crippen LogP contribution >= 0.6 is 8.58 Å². The molecule has 1 amide bonds. The van der Waals surface area contributed by atoms with Crippen molar-refractivity contribution in [1.82, 2.24) is 0 Å². The predicted molar refractivity (Wildman–Crippen MR) is 61.9 cm³/mol. The van der Waals surface area contributed by atoms with Gasteiger partial charge in [-0.05, 0) is 30.5 Å². The number of anilines is 1. The molecule has 3 heteroatoms. The highest BCUT2D eigenvalue weighted by Crippen LogP contribution is 2.20. The Morgan fingerprint density at radius 1 is 1.29 bits per heavy atom. The minimum absolute atomic E-state index is 0.261. The molecule has 74 valence electrons. The van der Waals surface area contributed by atoms with Crippen molar-refractivity contribution in [1.29, 1.82) is 0 Å². The number of benzene rings is 1. The summed E-state index contributed by atoms with van der Waals surface area (Å²) in [5.41, 5.74) is 1.05. The lowest BCUT2D eigenvalue weighted by atomic mass is 10.3. The van der Waals surface area contributed by atoms with Crippen LogP contribution in [0.25, 0.3) is 0 Å². The van der Waals surface area contributed by atoms with Gasteiger partial charge in [0.2, 0.25) is 5.91 Å². The Kier molecular flexibility index (Phi) is 2.83. The molecule has 1 aliphatic rings. The fourth-order valence-corrected chi connectivity index (χ4v) is 2.23. The molecule has 2 nitrogen and oxygen atoms in total. The first kappa shape index (κ1) is 9.67. The van der Waals surface area contributed by atoms with Crippen LogP contribution in [0.3, 0.4) is 0 Å². The molecular weight excluding hydrogens is 193 g/mol. The normalized spacial score (nSPS) is 17.2. The number of carbonyl (C=O) groups is 1. The first-order valence-electron chi connectivity index (χ1n) is 4.89. The number of carbonyl (C=O) groups excluding carboxylic acids is 1. The van der Waals surface area contributed by atoms with E-state index in [4.69, 9.17) is 0 Å². The van der Waals surface area contributed by atoms with Gasteiger partial charge in [-0.15, -0.1) is 0 Å². The highest BCUT2D eigenvalue weighted by molar-refractivity contribution is 7.46. The van der Waals surface area contributed by atoms with E-state index < -0.39 is 0 Å². The fourth-order valence-electron chi connectivity index (χ4n) is 1.73. The van der Waals surface area contributed by atoms with E-state index in [1.807, 2.05) is 4.90 Å². The van der Waals surface area contributed by atoms with Crippen molar-refractivity contribution < 1.29 is 4.79 Å². The highest BCUT2D eigenvalue weighted by atomic mass is 31.1. The topological polar surface area (TPSA) is 20.3 Å². The van der Waals surface area contributed by atoms with Crippen molar-refractivity contribution in [2.75, 3.05) is 18.1 Å². The molecule has 1 aromatic carbocycles. The summed E-state index contributed by atoms with van der Waals surface area (Å²) in [6.45, 7) is 3.04. The lowest BCUT2D eigenvalue weighted by Crippen LogP contribution is -2.23. The molecule has 14 heavy (non-hydrogen) atoms. The van der Waals surface area contributed by atoms with Crippen LogP contribution in [-0.2, 0) is 4.79 Å². The van der Waals surface area contributed by atoms with Crippen molar-refractivity contribution in [3.63, 3.8) is 0 Å². The van der Waals surface area contributed by atoms with Gasteiger partial charge < -0.3 is 4.90 Å². The predicted octanol–water partition coefficient (Wildman–Crippen LogP) is 1.75. The molecule has 0 N–H and O–H groups in total. The Morgan fingerprint density at radius 2 is 2.00 bits per heavy atom. The van der Waals surface area contributed by atoms with Crippen LogP contribution in [0, 0.1) is 0 Å². The summed E-state index contributed by atoms with van der Waals surface area (Å²) in [7, 11) is 0.827. The zero-order valence-corrected chi connectivity index (χ0v) is 9.29. The number of hydrogen-bond donors (Lipinski definition) is 0. The summed E-state index contributed by atoms with van der Waals surface area (Å²) in [5.74, 6) is 0.261. The van der Waals surface area contributed by atoms with Crippen LogP contribution in [0.15, 0.2) is 24.3 Å². The highest BCUT2D eigenvalue weighted by Gasteiger charge is 2.21. The van der Waals surface area contributed by atoms with E-state index >= 15 is 0 Å². The number of rotatable bonds is 2. The van der Waals surface area contributed by atoms with Crippen LogP contribution in [0.1, 0.15) is 12.8 Å². The lowest BCUT2D eigenvalue weighted by molar-refractivity contribution is -0.117. The lowest BCUT2D eigenvalue weighted by Gasteiger charge is -2.15. The molecule has 1 unspecified atom stereocenters. The zero-order valence-electron chi connectivity index (χ0n) is 8.29. The average molecular weight is 207 g/mol. The molecule has 1 saturated heterocycles. The molecule has 2 rings (SSSR count). The van der Waals surface area contributed by atoms with Gasteiger partial charge in [0.25, 0.3) is 0 Å². The van der Waals surface area contributed by atoms with E-state index in [1.54, 1.807) is 0 Å². The van der Waals surface area contributed by atoms with Gasteiger partial charge in [0.05, 0.1) is 0 Å². The largest absolute Gasteiger partial charge is 0.312 e. The maximum absolute atomic E-state index is 11.5. The van der Waals surface area contributed by atoms with Crippen molar-refractivity contribution in [2.45, 2.75) is 12.8 Å². The van der Waals surface area contributed by atoms with E-state index in [1.165, 1.54) is 5.30 Å². The molecule has 1 aliphatic heterocycles. The Labute approximate surface area is 86.1 Å². The van der Waals surface area contributed by atoms with Gasteiger partial charge in [0, 0.05) is 18.7 Å². The van der Waals surface area contributed by atoms with E-state index in [0.717, 1.165) is 27.2 Å². The maximum atomic E-state index is 11.5. The summed E-state index contributed by atoms with van der Waals surface area (Å²) in [5, 5.41) is 1.35. The summed E-state index contributed by atoms with van der Waals surface area (Å²) >= 11 is 0. The second kappa shape index (κ2) is 4.10. The number of amides is 1. The molecule has 1 fully saturated rings. The zero-order chi connectivity index (χ0) is 9.97. The summed E-state index contributed by atoms with van der Waals surface area (Å²) in [6.07, 6.45) is 1.70. The maximum Gasteiger partial charge on any atom is 0.227 e. The SMILES string of the molecule is CPc1ccc(N2CCCC2=O)cc1. The van der Waals surface area contributed by atoms with Gasteiger partial charge in [0.1, 0.15) is 0 Å². The molecule has 0 spiro atoms. The second-order valence-electron chi connectivity index (χ2n) is 3.45. The molecule has 1 heterocycles. The van der Waals surface area contributed by atoms with Crippen molar-refractivity contribution >= 4 is 25.5 Å². The Balaban J connectivity index is 2.20. The van der Waals surface area contributed by atoms with Gasteiger partial charge in [0.15, 0.2) is 0 Å². The van der Waals surface area contributed by atoms with Crippen molar-refractivity contribution in [3.05, 3.63) is 24.3 Å². The van der Waals surface area contributed by atoms with E-state index in [2.05, 4.69) is 30.9 Å². The molecule has 0 bridgehead atoms. The Morgan fingerprint density at radius 3 is 2.50 bits per heavy atom. The molecule has 0 saturated carbocycles. The van der Waals surface area contributed by atoms with Gasteiger partial charge >= 0.3 is 0 Å². The minimum atomic E-state index is 0.261. The Bertz CT molecular complexity index is 334. The molecule has 0 aromatic heterocycles.